The number of carbonyl (C=O) groups is 1. The molecule has 3 aromatic rings. The van der Waals surface area contributed by atoms with Crippen LogP contribution in [-0.4, -0.2) is 59.6 Å². The smallest absolute Gasteiger partial charge is 0.422 e. The third-order valence-electron chi connectivity index (χ3n) is 7.77. The summed E-state index contributed by atoms with van der Waals surface area (Å²) in [4.78, 5) is 24.5. The zero-order valence-corrected chi connectivity index (χ0v) is 24.7. The Balaban J connectivity index is 1.19. The van der Waals surface area contributed by atoms with Crippen LogP contribution in [0.1, 0.15) is 63.4 Å². The number of methoxy groups -OCH3 is 1. The van der Waals surface area contributed by atoms with E-state index in [0.717, 1.165) is 44.1 Å². The summed E-state index contributed by atoms with van der Waals surface area (Å²) in [6.45, 7) is 0.722. The highest BCUT2D eigenvalue weighted by molar-refractivity contribution is 5.71. The van der Waals surface area contributed by atoms with Gasteiger partial charge in [0, 0.05) is 41.9 Å². The molecule has 1 aromatic carbocycles. The molecular formula is C32H36F3N3O6. The Morgan fingerprint density at radius 2 is 1.66 bits per heavy atom. The quantitative estimate of drug-likeness (QED) is 0.194. The third kappa shape index (κ3) is 8.73. The highest BCUT2D eigenvalue weighted by Gasteiger charge is 2.35. The molecule has 2 heterocycles. The van der Waals surface area contributed by atoms with Crippen molar-refractivity contribution >= 4 is 5.97 Å². The summed E-state index contributed by atoms with van der Waals surface area (Å²) in [7, 11) is 1.56. The Kier molecular flexibility index (Phi) is 10.1. The summed E-state index contributed by atoms with van der Waals surface area (Å²) in [5.74, 6) is 2.12. The lowest BCUT2D eigenvalue weighted by Crippen LogP contribution is -2.30. The van der Waals surface area contributed by atoms with Gasteiger partial charge in [0.1, 0.15) is 17.6 Å². The second-order valence-electron chi connectivity index (χ2n) is 11.0. The van der Waals surface area contributed by atoms with Gasteiger partial charge in [-0.1, -0.05) is 0 Å². The maximum absolute atomic E-state index is 12.5. The summed E-state index contributed by atoms with van der Waals surface area (Å²) in [5.41, 5.74) is 2.30. The van der Waals surface area contributed by atoms with Gasteiger partial charge in [-0.25, -0.2) is 15.0 Å². The normalized spacial score (nSPS) is 19.1. The van der Waals surface area contributed by atoms with E-state index in [9.17, 15) is 18.0 Å². The fraction of sp³-hybridized carbons (Fsp3) is 0.500. The van der Waals surface area contributed by atoms with Crippen molar-refractivity contribution in [3.8, 4) is 34.5 Å². The van der Waals surface area contributed by atoms with Crippen molar-refractivity contribution < 1.29 is 41.7 Å². The minimum absolute atomic E-state index is 0.0237. The van der Waals surface area contributed by atoms with Crippen LogP contribution in [0.2, 0.25) is 0 Å². The van der Waals surface area contributed by atoms with E-state index in [4.69, 9.17) is 18.9 Å². The maximum Gasteiger partial charge on any atom is 0.422 e. The molecule has 0 N–H and O–H groups in total. The number of carbonyl (C=O) groups excluding carboxylic acids is 1. The summed E-state index contributed by atoms with van der Waals surface area (Å²) < 4.78 is 65.3. The number of pyridine rings is 1. The molecule has 1 unspecified atom stereocenters. The van der Waals surface area contributed by atoms with Crippen LogP contribution >= 0.6 is 0 Å². The largest absolute Gasteiger partial charge is 0.497 e. The van der Waals surface area contributed by atoms with Gasteiger partial charge in [0.15, 0.2) is 6.61 Å². The molecule has 2 aliphatic rings. The van der Waals surface area contributed by atoms with Crippen LogP contribution in [0.5, 0.6) is 23.4 Å². The Morgan fingerprint density at radius 3 is 2.30 bits per heavy atom. The second-order valence-corrected chi connectivity index (χ2v) is 11.0. The minimum atomic E-state index is -4.48. The molecule has 0 saturated heterocycles. The molecule has 0 spiro atoms. The van der Waals surface area contributed by atoms with Crippen molar-refractivity contribution in [2.45, 2.75) is 76.2 Å². The third-order valence-corrected chi connectivity index (χ3v) is 7.77. The van der Waals surface area contributed by atoms with Crippen LogP contribution in [-0.2, 0) is 9.53 Å². The number of ether oxygens (including phenoxy) is 5. The number of halogens is 3. The first-order chi connectivity index (χ1) is 21.2. The van der Waals surface area contributed by atoms with Gasteiger partial charge < -0.3 is 23.7 Å². The summed E-state index contributed by atoms with van der Waals surface area (Å²) in [6, 6.07) is 8.89. The van der Waals surface area contributed by atoms with E-state index >= 15 is 0 Å². The SMILES string of the molecule is CCOC(=O)CC(c1ccnc(O[C@H]2CC[C@H](Oc3cc(OC)ccc3-c3cnc(OCC(F)(F)F)nc3)CC2)c1)C1CC1. The van der Waals surface area contributed by atoms with Crippen LogP contribution in [0.3, 0.4) is 0 Å². The zero-order chi connectivity index (χ0) is 31.1. The Hall–Kier alpha value is -4.09. The standard InChI is InChI=1S/C32H36F3N3O6/c1-3-41-30(39)16-27(20-4-5-20)21-12-13-36-29(14-21)44-24-8-6-23(7-9-24)43-28-15-25(40-2)10-11-26(28)22-17-37-31(38-18-22)42-19-32(33,34)35/h10-15,17-18,20,23-24,27H,3-9,16,19H2,1-2H3/t23-,24-,27?. The average molecular weight is 616 g/mol. The van der Waals surface area contributed by atoms with Gasteiger partial charge in [0.05, 0.1) is 26.2 Å². The summed E-state index contributed by atoms with van der Waals surface area (Å²) in [6.07, 6.45) is 5.55. The monoisotopic (exact) mass is 615 g/mol. The molecule has 0 bridgehead atoms. The molecule has 12 heteroatoms. The molecule has 1 atom stereocenters. The molecule has 236 valence electrons. The highest BCUT2D eigenvalue weighted by Crippen LogP contribution is 2.45. The van der Waals surface area contributed by atoms with Gasteiger partial charge in [0.25, 0.3) is 0 Å². The molecule has 2 fully saturated rings. The number of hydrogen-bond acceptors (Lipinski definition) is 9. The van der Waals surface area contributed by atoms with E-state index in [1.807, 2.05) is 19.1 Å². The number of benzene rings is 1. The van der Waals surface area contributed by atoms with Crippen LogP contribution in [0.25, 0.3) is 11.1 Å². The maximum atomic E-state index is 12.5. The fourth-order valence-electron chi connectivity index (χ4n) is 5.43. The Morgan fingerprint density at radius 1 is 0.955 bits per heavy atom. The molecule has 44 heavy (non-hydrogen) atoms. The molecule has 0 aliphatic heterocycles. The molecule has 2 aliphatic carbocycles. The lowest BCUT2D eigenvalue weighted by atomic mass is 9.91. The second kappa shape index (κ2) is 14.1. The van der Waals surface area contributed by atoms with E-state index in [1.54, 1.807) is 31.5 Å². The molecule has 5 rings (SSSR count). The first-order valence-corrected chi connectivity index (χ1v) is 14.9. The van der Waals surface area contributed by atoms with Crippen molar-refractivity contribution in [2.75, 3.05) is 20.3 Å². The van der Waals surface area contributed by atoms with E-state index in [2.05, 4.69) is 19.7 Å². The zero-order valence-electron chi connectivity index (χ0n) is 24.7. The van der Waals surface area contributed by atoms with Gasteiger partial charge in [0.2, 0.25) is 5.88 Å². The molecule has 0 radical (unpaired) electrons. The van der Waals surface area contributed by atoms with Crippen molar-refractivity contribution in [1.29, 1.82) is 0 Å². The molecule has 2 saturated carbocycles. The van der Waals surface area contributed by atoms with E-state index in [1.165, 1.54) is 12.4 Å². The summed E-state index contributed by atoms with van der Waals surface area (Å²) in [5, 5.41) is 0. The van der Waals surface area contributed by atoms with Crippen LogP contribution < -0.4 is 18.9 Å². The first kappa shape index (κ1) is 31.3. The topological polar surface area (TPSA) is 102 Å². The lowest BCUT2D eigenvalue weighted by molar-refractivity contribution is -0.154. The van der Waals surface area contributed by atoms with Crippen LogP contribution in [0, 0.1) is 5.92 Å². The average Bonchev–Trinajstić information content (AvgIpc) is 3.86. The van der Waals surface area contributed by atoms with Gasteiger partial charge >= 0.3 is 18.2 Å². The number of alkyl halides is 3. The molecular weight excluding hydrogens is 579 g/mol. The van der Waals surface area contributed by atoms with Gasteiger partial charge in [-0.05, 0) is 81.0 Å². The number of rotatable bonds is 13. The van der Waals surface area contributed by atoms with Crippen molar-refractivity contribution in [1.82, 2.24) is 15.0 Å². The fourth-order valence-corrected chi connectivity index (χ4v) is 5.43. The Labute approximate surface area is 254 Å². The van der Waals surface area contributed by atoms with Gasteiger partial charge in [-0.15, -0.1) is 0 Å². The van der Waals surface area contributed by atoms with E-state index in [-0.39, 0.29) is 30.1 Å². The minimum Gasteiger partial charge on any atom is -0.497 e. The summed E-state index contributed by atoms with van der Waals surface area (Å²) >= 11 is 0. The van der Waals surface area contributed by atoms with E-state index < -0.39 is 12.8 Å². The number of esters is 1. The first-order valence-electron chi connectivity index (χ1n) is 14.9. The molecule has 9 nitrogen and oxygen atoms in total. The number of nitrogens with zero attached hydrogens (tertiary/aromatic N) is 3. The van der Waals surface area contributed by atoms with E-state index in [0.29, 0.717) is 47.5 Å². The number of aromatic nitrogens is 3. The van der Waals surface area contributed by atoms with Crippen molar-refractivity contribution in [2.24, 2.45) is 5.92 Å². The molecule has 2 aromatic heterocycles. The van der Waals surface area contributed by atoms with Crippen molar-refractivity contribution in [3.63, 3.8) is 0 Å². The van der Waals surface area contributed by atoms with Gasteiger partial charge in [-0.2, -0.15) is 13.2 Å². The predicted octanol–water partition coefficient (Wildman–Crippen LogP) is 6.70. The Bertz CT molecular complexity index is 1390. The number of hydrogen-bond donors (Lipinski definition) is 0. The van der Waals surface area contributed by atoms with Crippen LogP contribution in [0.15, 0.2) is 48.9 Å². The van der Waals surface area contributed by atoms with Gasteiger partial charge in [-0.3, -0.25) is 4.79 Å². The molecule has 0 amide bonds. The van der Waals surface area contributed by atoms with Crippen molar-refractivity contribution in [3.05, 3.63) is 54.5 Å². The van der Waals surface area contributed by atoms with Crippen LogP contribution in [0.4, 0.5) is 13.2 Å². The highest BCUT2D eigenvalue weighted by atomic mass is 19.4. The predicted molar refractivity (Wildman–Crippen MR) is 154 cm³/mol. The lowest BCUT2D eigenvalue weighted by Gasteiger charge is -2.30.